The molecule has 0 spiro atoms. The van der Waals surface area contributed by atoms with Crippen LogP contribution in [0.3, 0.4) is 0 Å². The lowest BCUT2D eigenvalue weighted by Gasteiger charge is -2.14. The smallest absolute Gasteiger partial charge is 0.348 e. The monoisotopic (exact) mass is 539 g/mol. The second kappa shape index (κ2) is 9.25. The number of nitrogens with zero attached hydrogens (tertiary/aromatic N) is 4. The first kappa shape index (κ1) is 25.4. The van der Waals surface area contributed by atoms with Crippen molar-refractivity contribution in [3.63, 3.8) is 0 Å². The summed E-state index contributed by atoms with van der Waals surface area (Å²) in [5.41, 5.74) is 1.72. The van der Waals surface area contributed by atoms with Gasteiger partial charge in [0.1, 0.15) is 5.56 Å². The molecule has 2 aromatic carbocycles. The molecular weight excluding hydrogens is 519 g/mol. The largest absolute Gasteiger partial charge is 0.416 e. The van der Waals surface area contributed by atoms with E-state index in [1.54, 1.807) is 31.2 Å². The third-order valence-electron chi connectivity index (χ3n) is 6.44. The summed E-state index contributed by atoms with van der Waals surface area (Å²) in [5.74, 6) is -0.712. The normalized spacial score (nSPS) is 16.9. The number of amides is 1. The Labute approximate surface area is 215 Å². The minimum atomic E-state index is -4.52. The van der Waals surface area contributed by atoms with Crippen LogP contribution in [-0.4, -0.2) is 46.5 Å². The van der Waals surface area contributed by atoms with Crippen LogP contribution in [0.5, 0.6) is 0 Å². The fraction of sp³-hybridized carbons (Fsp3) is 0.231. The molecule has 1 N–H and O–H groups in total. The third-order valence-corrected chi connectivity index (χ3v) is 8.20. The van der Waals surface area contributed by atoms with Crippen molar-refractivity contribution in [3.8, 4) is 28.5 Å². The van der Waals surface area contributed by atoms with Crippen LogP contribution in [0.15, 0.2) is 54.7 Å². The molecule has 1 atom stereocenters. The highest BCUT2D eigenvalue weighted by Crippen LogP contribution is 2.37. The Kier molecular flexibility index (Phi) is 6.19. The summed E-state index contributed by atoms with van der Waals surface area (Å²) < 4.78 is 64.7. The molecule has 1 amide bonds. The number of halogens is 3. The number of hydrogen-bond donors (Lipinski definition) is 1. The van der Waals surface area contributed by atoms with Gasteiger partial charge in [-0.2, -0.15) is 23.5 Å². The Morgan fingerprint density at radius 3 is 2.47 bits per heavy atom. The first-order valence-corrected chi connectivity index (χ1v) is 13.4. The van der Waals surface area contributed by atoms with Crippen molar-refractivity contribution >= 4 is 21.4 Å². The van der Waals surface area contributed by atoms with Crippen molar-refractivity contribution in [2.75, 3.05) is 11.5 Å². The van der Waals surface area contributed by atoms with Crippen LogP contribution in [0.4, 0.5) is 13.2 Å². The molecule has 8 nitrogen and oxygen atoms in total. The highest BCUT2D eigenvalue weighted by molar-refractivity contribution is 7.91. The van der Waals surface area contributed by atoms with Crippen LogP contribution in [-0.2, 0) is 16.0 Å². The average Bonchev–Trinajstić information content (AvgIpc) is 3.40. The zero-order chi connectivity index (χ0) is 27.2. The van der Waals surface area contributed by atoms with E-state index in [1.807, 2.05) is 0 Å². The van der Waals surface area contributed by atoms with Crippen LogP contribution in [0, 0.1) is 18.3 Å². The summed E-state index contributed by atoms with van der Waals surface area (Å²) in [4.78, 5) is 17.7. The fourth-order valence-electron chi connectivity index (χ4n) is 4.63. The van der Waals surface area contributed by atoms with E-state index in [1.165, 1.54) is 22.8 Å². The van der Waals surface area contributed by atoms with Crippen LogP contribution >= 0.6 is 0 Å². The number of benzene rings is 2. The third kappa shape index (κ3) is 4.61. The number of aromatic nitrogens is 3. The van der Waals surface area contributed by atoms with Crippen molar-refractivity contribution in [2.45, 2.75) is 25.6 Å². The molecule has 1 fully saturated rings. The van der Waals surface area contributed by atoms with E-state index in [-0.39, 0.29) is 22.7 Å². The topological polar surface area (TPSA) is 117 Å². The van der Waals surface area contributed by atoms with Crippen molar-refractivity contribution in [1.82, 2.24) is 19.9 Å². The van der Waals surface area contributed by atoms with Crippen molar-refractivity contribution in [2.24, 2.45) is 0 Å². The van der Waals surface area contributed by atoms with Gasteiger partial charge >= 0.3 is 6.18 Å². The van der Waals surface area contributed by atoms with Crippen LogP contribution in [0.2, 0.25) is 0 Å². The van der Waals surface area contributed by atoms with Gasteiger partial charge in [0, 0.05) is 28.9 Å². The van der Waals surface area contributed by atoms with Crippen molar-refractivity contribution < 1.29 is 26.4 Å². The van der Waals surface area contributed by atoms with Gasteiger partial charge in [-0.15, -0.1) is 0 Å². The van der Waals surface area contributed by atoms with E-state index in [2.05, 4.69) is 21.5 Å². The molecule has 12 heteroatoms. The van der Waals surface area contributed by atoms with Crippen molar-refractivity contribution in [3.05, 3.63) is 77.1 Å². The lowest BCUT2D eigenvalue weighted by molar-refractivity contribution is -0.137. The average molecular weight is 540 g/mol. The summed E-state index contributed by atoms with van der Waals surface area (Å²) in [7, 11) is -3.22. The molecular formula is C26H20F3N5O3S. The molecule has 0 saturated carbocycles. The number of hydrogen-bond acceptors (Lipinski definition) is 6. The molecule has 0 bridgehead atoms. The number of aryl methyl sites for hydroxylation is 1. The van der Waals surface area contributed by atoms with Gasteiger partial charge in [-0.3, -0.25) is 4.79 Å². The molecule has 2 aromatic heterocycles. The minimum Gasteiger partial charge on any atom is -0.348 e. The second-order valence-electron chi connectivity index (χ2n) is 9.02. The maximum atomic E-state index is 13.2. The van der Waals surface area contributed by atoms with E-state index >= 15 is 0 Å². The van der Waals surface area contributed by atoms with E-state index in [0.29, 0.717) is 40.1 Å². The number of sulfone groups is 1. The Morgan fingerprint density at radius 2 is 1.84 bits per heavy atom. The van der Waals surface area contributed by atoms with Crippen LogP contribution in [0.25, 0.3) is 28.0 Å². The van der Waals surface area contributed by atoms with Crippen LogP contribution in [0.1, 0.15) is 33.6 Å². The number of fused-ring (bicyclic) bond motifs is 1. The van der Waals surface area contributed by atoms with Gasteiger partial charge in [0.15, 0.2) is 15.5 Å². The van der Waals surface area contributed by atoms with Gasteiger partial charge < -0.3 is 5.32 Å². The molecule has 4 aromatic rings. The van der Waals surface area contributed by atoms with Gasteiger partial charge in [0.25, 0.3) is 5.91 Å². The number of nitriles is 1. The Hall–Kier alpha value is -4.24. The molecule has 0 radical (unpaired) electrons. The zero-order valence-electron chi connectivity index (χ0n) is 20.0. The first-order chi connectivity index (χ1) is 18.0. The second-order valence-corrected chi connectivity index (χ2v) is 11.3. The fourth-order valence-corrected chi connectivity index (χ4v) is 6.30. The molecule has 3 heterocycles. The van der Waals surface area contributed by atoms with Crippen LogP contribution < -0.4 is 5.32 Å². The molecule has 0 unspecified atom stereocenters. The molecule has 194 valence electrons. The summed E-state index contributed by atoms with van der Waals surface area (Å²) in [6, 6.07) is 12.8. The molecule has 38 heavy (non-hydrogen) atoms. The lowest BCUT2D eigenvalue weighted by Crippen LogP contribution is -2.35. The number of rotatable bonds is 4. The number of alkyl halides is 3. The van der Waals surface area contributed by atoms with Crippen molar-refractivity contribution in [1.29, 1.82) is 5.26 Å². The molecule has 0 aliphatic carbocycles. The standard InChI is InChI=1S/C26H20F3N5O3S/c1-15-22(25(35)32-19-10-11-38(36,37)14-19)24-31-13-21(20-5-3-2-4-17(20)12-30)23(34(24)33-15)16-6-8-18(9-7-16)26(27,28)29/h2-9,13,19H,10-11,14H2,1H3,(H,32,35)/t19-/m0/s1. The lowest BCUT2D eigenvalue weighted by atomic mass is 9.96. The summed E-state index contributed by atoms with van der Waals surface area (Å²) in [5, 5.41) is 16.9. The summed E-state index contributed by atoms with van der Waals surface area (Å²) in [6.07, 6.45) is -2.77. The summed E-state index contributed by atoms with van der Waals surface area (Å²) in [6.45, 7) is 1.59. The maximum absolute atomic E-state index is 13.2. The van der Waals surface area contributed by atoms with Gasteiger partial charge in [-0.1, -0.05) is 30.3 Å². The highest BCUT2D eigenvalue weighted by Gasteiger charge is 2.32. The van der Waals surface area contributed by atoms with Gasteiger partial charge in [-0.25, -0.2) is 17.9 Å². The summed E-state index contributed by atoms with van der Waals surface area (Å²) >= 11 is 0. The van der Waals surface area contributed by atoms with Gasteiger partial charge in [0.2, 0.25) is 0 Å². The van der Waals surface area contributed by atoms with E-state index in [0.717, 1.165) is 12.1 Å². The number of nitrogens with one attached hydrogen (secondary N) is 1. The minimum absolute atomic E-state index is 0.0102. The van der Waals surface area contributed by atoms with Gasteiger partial charge in [-0.05, 0) is 31.5 Å². The highest BCUT2D eigenvalue weighted by atomic mass is 32.2. The molecule has 1 aliphatic heterocycles. The predicted molar refractivity (Wildman–Crippen MR) is 133 cm³/mol. The Morgan fingerprint density at radius 1 is 1.13 bits per heavy atom. The zero-order valence-corrected chi connectivity index (χ0v) is 20.8. The number of carbonyl (C=O) groups excluding carboxylic acids is 1. The van der Waals surface area contributed by atoms with E-state index in [9.17, 15) is 31.6 Å². The SMILES string of the molecule is Cc1nn2c(-c3ccc(C(F)(F)F)cc3)c(-c3ccccc3C#N)cnc2c1C(=O)N[C@H]1CCS(=O)(=O)C1. The molecule has 1 aliphatic rings. The Bertz CT molecular complexity index is 1720. The molecule has 1 saturated heterocycles. The predicted octanol–water partition coefficient (Wildman–Crippen LogP) is 4.18. The maximum Gasteiger partial charge on any atom is 0.416 e. The van der Waals surface area contributed by atoms with E-state index in [4.69, 9.17) is 0 Å². The molecule has 5 rings (SSSR count). The number of carbonyl (C=O) groups is 1. The first-order valence-electron chi connectivity index (χ1n) is 11.6. The quantitative estimate of drug-likeness (QED) is 0.416. The van der Waals surface area contributed by atoms with Gasteiger partial charge in [0.05, 0.1) is 40.1 Å². The van der Waals surface area contributed by atoms with E-state index < -0.39 is 33.5 Å². The Balaban J connectivity index is 1.69.